The summed E-state index contributed by atoms with van der Waals surface area (Å²) >= 11 is 10.6. The first-order valence-electron chi connectivity index (χ1n) is 1.93. The Hall–Kier alpha value is 0.510. The van der Waals surface area contributed by atoms with Crippen LogP contribution >= 0.6 is 23.2 Å². The quantitative estimate of drug-likeness (QED) is 0.522. The number of hydrogen-bond donors (Lipinski definition) is 0. The van der Waals surface area contributed by atoms with Gasteiger partial charge in [0, 0.05) is 5.88 Å². The first-order chi connectivity index (χ1) is 3.12. The van der Waals surface area contributed by atoms with Crippen molar-refractivity contribution in [3.05, 3.63) is 0 Å². The number of rotatable bonds is 2. The van der Waals surface area contributed by atoms with E-state index in [2.05, 4.69) is 0 Å². The molecule has 0 heterocycles. The molecule has 0 aliphatic heterocycles. The van der Waals surface area contributed by atoms with Gasteiger partial charge in [0.1, 0.15) is 6.67 Å². The Labute approximate surface area is 52.6 Å². The molecule has 0 fully saturated rings. The third kappa shape index (κ3) is 3.12. The van der Waals surface area contributed by atoms with Crippen LogP contribution in [0, 0.1) is 0 Å². The van der Waals surface area contributed by atoms with Crippen LogP contribution in [0.2, 0.25) is 0 Å². The average molecular weight is 145 g/mol. The van der Waals surface area contributed by atoms with Crippen molar-refractivity contribution < 1.29 is 4.39 Å². The van der Waals surface area contributed by atoms with Crippen LogP contribution in [0.3, 0.4) is 0 Å². The molecule has 0 bridgehead atoms. The Bertz CT molecular complexity index is 47.7. The van der Waals surface area contributed by atoms with E-state index in [4.69, 9.17) is 23.2 Å². The third-order valence-corrected chi connectivity index (χ3v) is 1.52. The molecule has 0 aliphatic rings. The summed E-state index contributed by atoms with van der Waals surface area (Å²) in [4.78, 5) is -0.846. The molecule has 44 valence electrons. The lowest BCUT2D eigenvalue weighted by molar-refractivity contribution is 0.428. The van der Waals surface area contributed by atoms with Crippen molar-refractivity contribution >= 4 is 23.2 Å². The molecule has 0 spiro atoms. The molecular weight excluding hydrogens is 138 g/mol. The predicted molar refractivity (Wildman–Crippen MR) is 31.0 cm³/mol. The predicted octanol–water partition coefficient (Wildman–Crippen LogP) is 2.19. The fourth-order valence-electron chi connectivity index (χ4n) is 0.0357. The highest BCUT2D eigenvalue weighted by Gasteiger charge is 2.17. The minimum Gasteiger partial charge on any atom is -0.249 e. The average Bonchev–Trinajstić information content (AvgIpc) is 1.68. The van der Waals surface area contributed by atoms with Crippen LogP contribution in [0.15, 0.2) is 0 Å². The molecule has 0 aromatic heterocycles. The lowest BCUT2D eigenvalue weighted by atomic mass is 10.2. The molecule has 0 aromatic rings. The number of alkyl halides is 3. The number of hydrogen-bond acceptors (Lipinski definition) is 0. The van der Waals surface area contributed by atoms with Crippen molar-refractivity contribution in [1.29, 1.82) is 0 Å². The third-order valence-electron chi connectivity index (χ3n) is 0.557. The van der Waals surface area contributed by atoms with Gasteiger partial charge in [0.25, 0.3) is 0 Å². The molecule has 0 N–H and O–H groups in total. The van der Waals surface area contributed by atoms with Gasteiger partial charge in [0.2, 0.25) is 0 Å². The second-order valence-corrected chi connectivity index (χ2v) is 2.86. The maximum Gasteiger partial charge on any atom is 0.109 e. The number of halogens is 3. The summed E-state index contributed by atoms with van der Waals surface area (Å²) in [5.41, 5.74) is 0. The van der Waals surface area contributed by atoms with Crippen molar-refractivity contribution in [2.24, 2.45) is 0 Å². The summed E-state index contributed by atoms with van der Waals surface area (Å²) in [6, 6.07) is 0. The smallest absolute Gasteiger partial charge is 0.109 e. The Morgan fingerprint density at radius 1 is 1.71 bits per heavy atom. The summed E-state index contributed by atoms with van der Waals surface area (Å²) < 4.78 is 11.6. The van der Waals surface area contributed by atoms with Gasteiger partial charge < -0.3 is 0 Å². The maximum absolute atomic E-state index is 11.6. The zero-order chi connectivity index (χ0) is 5.91. The Morgan fingerprint density at radius 2 is 2.14 bits per heavy atom. The van der Waals surface area contributed by atoms with Gasteiger partial charge in [-0.1, -0.05) is 0 Å². The van der Waals surface area contributed by atoms with Crippen molar-refractivity contribution in [1.82, 2.24) is 0 Å². The van der Waals surface area contributed by atoms with E-state index in [1.54, 1.807) is 6.92 Å². The van der Waals surface area contributed by atoms with Gasteiger partial charge >= 0.3 is 0 Å². The zero-order valence-electron chi connectivity index (χ0n) is 4.05. The highest BCUT2D eigenvalue weighted by molar-refractivity contribution is 6.30. The van der Waals surface area contributed by atoms with Crippen LogP contribution in [0.4, 0.5) is 4.39 Å². The van der Waals surface area contributed by atoms with Crippen LogP contribution in [0.1, 0.15) is 6.92 Å². The van der Waals surface area contributed by atoms with Crippen molar-refractivity contribution in [2.45, 2.75) is 11.8 Å². The molecule has 0 amide bonds. The Kier molecular flexibility index (Phi) is 2.93. The van der Waals surface area contributed by atoms with E-state index in [0.29, 0.717) is 0 Å². The molecule has 1 atom stereocenters. The molecular formula is C4H7Cl2F. The standard InChI is InChI=1S/C4H7Cl2F/c1-4(6,2-5)3-7/h2-3H2,1H3. The molecule has 7 heavy (non-hydrogen) atoms. The van der Waals surface area contributed by atoms with E-state index in [9.17, 15) is 4.39 Å². The van der Waals surface area contributed by atoms with E-state index in [-0.39, 0.29) is 5.88 Å². The van der Waals surface area contributed by atoms with Crippen LogP contribution in [-0.2, 0) is 0 Å². The highest BCUT2D eigenvalue weighted by Crippen LogP contribution is 2.15. The topological polar surface area (TPSA) is 0 Å². The first kappa shape index (κ1) is 7.51. The monoisotopic (exact) mass is 144 g/mol. The second-order valence-electron chi connectivity index (χ2n) is 1.68. The largest absolute Gasteiger partial charge is 0.249 e. The summed E-state index contributed by atoms with van der Waals surface area (Å²) in [5, 5.41) is 0. The van der Waals surface area contributed by atoms with Gasteiger partial charge in [-0.15, -0.1) is 23.2 Å². The molecule has 0 saturated heterocycles. The van der Waals surface area contributed by atoms with Crippen molar-refractivity contribution in [2.75, 3.05) is 12.6 Å². The van der Waals surface area contributed by atoms with Gasteiger partial charge in [0.05, 0.1) is 4.87 Å². The summed E-state index contributed by atoms with van der Waals surface area (Å²) in [6.07, 6.45) is 0. The molecule has 1 unspecified atom stereocenters. The molecule has 3 heteroatoms. The van der Waals surface area contributed by atoms with Gasteiger partial charge in [-0.3, -0.25) is 0 Å². The Morgan fingerprint density at radius 3 is 2.14 bits per heavy atom. The first-order valence-corrected chi connectivity index (χ1v) is 2.84. The van der Waals surface area contributed by atoms with Gasteiger partial charge in [-0.2, -0.15) is 0 Å². The molecule has 0 nitrogen and oxygen atoms in total. The summed E-state index contributed by atoms with van der Waals surface area (Å²) in [6.45, 7) is 0.986. The molecule has 0 saturated carbocycles. The van der Waals surface area contributed by atoms with Crippen LogP contribution in [0.5, 0.6) is 0 Å². The van der Waals surface area contributed by atoms with Gasteiger partial charge in [-0.05, 0) is 6.92 Å². The fourth-order valence-corrected chi connectivity index (χ4v) is 0.107. The molecule has 0 aromatic carbocycles. The molecule has 0 radical (unpaired) electrons. The summed E-state index contributed by atoms with van der Waals surface area (Å²) in [5.74, 6) is 0.158. The minimum absolute atomic E-state index is 0.158. The van der Waals surface area contributed by atoms with E-state index in [1.165, 1.54) is 0 Å². The van der Waals surface area contributed by atoms with Crippen LogP contribution < -0.4 is 0 Å². The van der Waals surface area contributed by atoms with Crippen LogP contribution in [0.25, 0.3) is 0 Å². The maximum atomic E-state index is 11.6. The van der Waals surface area contributed by atoms with Crippen molar-refractivity contribution in [3.8, 4) is 0 Å². The zero-order valence-corrected chi connectivity index (χ0v) is 5.56. The SMILES string of the molecule is CC(Cl)(CF)CCl. The van der Waals surface area contributed by atoms with E-state index < -0.39 is 11.5 Å². The van der Waals surface area contributed by atoms with Gasteiger partial charge in [-0.25, -0.2) is 4.39 Å². The Balaban J connectivity index is 3.36. The highest BCUT2D eigenvalue weighted by atomic mass is 35.5. The summed E-state index contributed by atoms with van der Waals surface area (Å²) in [7, 11) is 0. The van der Waals surface area contributed by atoms with Crippen LogP contribution in [-0.4, -0.2) is 17.4 Å². The second kappa shape index (κ2) is 2.73. The molecule has 0 aliphatic carbocycles. The molecule has 0 rings (SSSR count). The lowest BCUT2D eigenvalue weighted by Gasteiger charge is -2.11. The normalized spacial score (nSPS) is 18.9. The van der Waals surface area contributed by atoms with Crippen molar-refractivity contribution in [3.63, 3.8) is 0 Å². The van der Waals surface area contributed by atoms with E-state index in [0.717, 1.165) is 0 Å². The van der Waals surface area contributed by atoms with Gasteiger partial charge in [0.15, 0.2) is 0 Å². The lowest BCUT2D eigenvalue weighted by Crippen LogP contribution is -2.20. The van der Waals surface area contributed by atoms with E-state index in [1.807, 2.05) is 0 Å². The van der Waals surface area contributed by atoms with E-state index >= 15 is 0 Å². The minimum atomic E-state index is -0.846. The fraction of sp³-hybridized carbons (Fsp3) is 1.00.